The molecule has 0 unspecified atom stereocenters. The van der Waals surface area contributed by atoms with Gasteiger partial charge in [0.1, 0.15) is 5.75 Å². The molecule has 0 aliphatic carbocycles. The first-order valence-electron chi connectivity index (χ1n) is 10.5. The number of halogens is 4. The van der Waals surface area contributed by atoms with Crippen LogP contribution in [0.5, 0.6) is 11.5 Å². The summed E-state index contributed by atoms with van der Waals surface area (Å²) in [5.41, 5.74) is 1.38. The van der Waals surface area contributed by atoms with Gasteiger partial charge in [-0.25, -0.2) is 9.37 Å². The number of aromatic nitrogens is 4. The standard InChI is InChI=1S/C25H15F4N5O2/c26-19-9-17(33-24(35)14-2-1-3-16(8-14)25(27,28)29)4-7-23(19)36-18-5-6-20-21(10-18)34-22(13-30-20)15-11-31-32-12-15/h1-13H,(H,31,32)(H,33,35). The van der Waals surface area contributed by atoms with Gasteiger partial charge in [0.05, 0.1) is 34.7 Å². The summed E-state index contributed by atoms with van der Waals surface area (Å²) in [6.45, 7) is 0. The summed E-state index contributed by atoms with van der Waals surface area (Å²) in [6.07, 6.45) is 0.314. The molecule has 0 bridgehead atoms. The second-order valence-corrected chi connectivity index (χ2v) is 7.67. The summed E-state index contributed by atoms with van der Waals surface area (Å²) >= 11 is 0. The van der Waals surface area contributed by atoms with Gasteiger partial charge in [-0.1, -0.05) is 6.07 Å². The van der Waals surface area contributed by atoms with Crippen LogP contribution in [0.15, 0.2) is 79.3 Å². The number of rotatable bonds is 5. The largest absolute Gasteiger partial charge is 0.454 e. The van der Waals surface area contributed by atoms with E-state index in [1.165, 1.54) is 18.2 Å². The number of fused-ring (bicyclic) bond motifs is 1. The lowest BCUT2D eigenvalue weighted by atomic mass is 10.1. The van der Waals surface area contributed by atoms with Crippen molar-refractivity contribution in [2.24, 2.45) is 0 Å². The Balaban J connectivity index is 1.33. The van der Waals surface area contributed by atoms with Gasteiger partial charge < -0.3 is 10.1 Å². The van der Waals surface area contributed by atoms with Crippen LogP contribution >= 0.6 is 0 Å². The molecule has 0 saturated heterocycles. The van der Waals surface area contributed by atoms with Gasteiger partial charge in [-0.2, -0.15) is 18.3 Å². The Kier molecular flexibility index (Phi) is 5.80. The summed E-state index contributed by atoms with van der Waals surface area (Å²) in [4.78, 5) is 21.2. The summed E-state index contributed by atoms with van der Waals surface area (Å²) < 4.78 is 59.1. The molecule has 5 rings (SSSR count). The van der Waals surface area contributed by atoms with Gasteiger partial charge in [0, 0.05) is 35.1 Å². The molecular formula is C25H15F4N5O2. The lowest BCUT2D eigenvalue weighted by Crippen LogP contribution is -2.14. The minimum absolute atomic E-state index is 0.0522. The molecule has 1 amide bonds. The smallest absolute Gasteiger partial charge is 0.416 e. The maximum atomic E-state index is 14.7. The zero-order valence-corrected chi connectivity index (χ0v) is 18.2. The van der Waals surface area contributed by atoms with Crippen molar-refractivity contribution in [1.82, 2.24) is 20.2 Å². The summed E-state index contributed by atoms with van der Waals surface area (Å²) in [5.74, 6) is -1.41. The van der Waals surface area contributed by atoms with E-state index in [9.17, 15) is 22.4 Å². The predicted molar refractivity (Wildman–Crippen MR) is 123 cm³/mol. The van der Waals surface area contributed by atoms with Crippen molar-refractivity contribution in [2.45, 2.75) is 6.18 Å². The van der Waals surface area contributed by atoms with Gasteiger partial charge >= 0.3 is 6.18 Å². The highest BCUT2D eigenvalue weighted by Crippen LogP contribution is 2.31. The summed E-state index contributed by atoms with van der Waals surface area (Å²) in [7, 11) is 0. The quantitative estimate of drug-likeness (QED) is 0.284. The third kappa shape index (κ3) is 4.85. The first-order valence-corrected chi connectivity index (χ1v) is 10.5. The van der Waals surface area contributed by atoms with Crippen LogP contribution in [0.4, 0.5) is 23.2 Å². The molecule has 3 aromatic carbocycles. The van der Waals surface area contributed by atoms with Crippen LogP contribution in [0.2, 0.25) is 0 Å². The fourth-order valence-electron chi connectivity index (χ4n) is 3.41. The van der Waals surface area contributed by atoms with Crippen molar-refractivity contribution in [3.8, 4) is 22.8 Å². The Labute approximate surface area is 200 Å². The summed E-state index contributed by atoms with van der Waals surface area (Å²) in [5, 5.41) is 8.98. The maximum absolute atomic E-state index is 14.7. The van der Waals surface area contributed by atoms with Crippen molar-refractivity contribution in [2.75, 3.05) is 5.32 Å². The average molecular weight is 493 g/mol. The van der Waals surface area contributed by atoms with E-state index in [1.807, 2.05) is 0 Å². The van der Waals surface area contributed by atoms with E-state index >= 15 is 0 Å². The lowest BCUT2D eigenvalue weighted by molar-refractivity contribution is -0.137. The molecule has 0 saturated carbocycles. The topological polar surface area (TPSA) is 92.8 Å². The van der Waals surface area contributed by atoms with E-state index in [1.54, 1.807) is 36.8 Å². The Morgan fingerprint density at radius 3 is 2.58 bits per heavy atom. The molecular weight excluding hydrogens is 478 g/mol. The first-order chi connectivity index (χ1) is 17.3. The Bertz CT molecular complexity index is 1570. The lowest BCUT2D eigenvalue weighted by Gasteiger charge is -2.11. The van der Waals surface area contributed by atoms with Crippen LogP contribution in [0.3, 0.4) is 0 Å². The number of nitrogens with zero attached hydrogens (tertiary/aromatic N) is 3. The van der Waals surface area contributed by atoms with Gasteiger partial charge in [0.15, 0.2) is 11.6 Å². The molecule has 2 N–H and O–H groups in total. The van der Waals surface area contributed by atoms with Gasteiger partial charge in [0.2, 0.25) is 0 Å². The number of ether oxygens (including phenoxy) is 1. The highest BCUT2D eigenvalue weighted by atomic mass is 19.4. The average Bonchev–Trinajstić information content (AvgIpc) is 3.40. The van der Waals surface area contributed by atoms with Crippen molar-refractivity contribution < 1.29 is 27.1 Å². The van der Waals surface area contributed by atoms with Crippen molar-refractivity contribution in [3.05, 3.63) is 96.2 Å². The molecule has 0 radical (unpaired) electrons. The zero-order chi connectivity index (χ0) is 25.3. The number of nitrogens with one attached hydrogen (secondary N) is 2. The fraction of sp³-hybridized carbons (Fsp3) is 0.0400. The highest BCUT2D eigenvalue weighted by molar-refractivity contribution is 6.04. The molecule has 2 aromatic heterocycles. The molecule has 0 aliphatic heterocycles. The monoisotopic (exact) mass is 493 g/mol. The number of H-pyrrole nitrogens is 1. The first kappa shape index (κ1) is 23.0. The van der Waals surface area contributed by atoms with E-state index in [-0.39, 0.29) is 17.0 Å². The third-order valence-corrected chi connectivity index (χ3v) is 5.18. The van der Waals surface area contributed by atoms with Gasteiger partial charge in [-0.3, -0.25) is 14.9 Å². The molecule has 5 aromatic rings. The van der Waals surface area contributed by atoms with Gasteiger partial charge in [0.25, 0.3) is 5.91 Å². The van der Waals surface area contributed by atoms with E-state index in [4.69, 9.17) is 4.74 Å². The minimum atomic E-state index is -4.59. The SMILES string of the molecule is O=C(Nc1ccc(Oc2ccc3ncc(-c4cn[nH]c4)nc3c2)c(F)c1)c1cccc(C(F)(F)F)c1. The van der Waals surface area contributed by atoms with Crippen LogP contribution < -0.4 is 10.1 Å². The number of carbonyl (C=O) groups excluding carboxylic acids is 1. The van der Waals surface area contributed by atoms with Crippen LogP contribution in [-0.2, 0) is 6.18 Å². The molecule has 0 spiro atoms. The van der Waals surface area contributed by atoms with Crippen LogP contribution in [0.1, 0.15) is 15.9 Å². The number of alkyl halides is 3. The molecule has 0 atom stereocenters. The number of amides is 1. The van der Waals surface area contributed by atoms with E-state index < -0.39 is 23.5 Å². The highest BCUT2D eigenvalue weighted by Gasteiger charge is 2.30. The molecule has 36 heavy (non-hydrogen) atoms. The van der Waals surface area contributed by atoms with E-state index in [2.05, 4.69) is 25.5 Å². The normalized spacial score (nSPS) is 11.4. The van der Waals surface area contributed by atoms with Crippen LogP contribution in [0, 0.1) is 5.82 Å². The Morgan fingerprint density at radius 1 is 0.972 bits per heavy atom. The maximum Gasteiger partial charge on any atom is 0.416 e. The van der Waals surface area contributed by atoms with E-state index in [0.29, 0.717) is 22.5 Å². The number of anilines is 1. The number of hydrogen-bond acceptors (Lipinski definition) is 5. The minimum Gasteiger partial charge on any atom is -0.454 e. The number of benzene rings is 3. The summed E-state index contributed by atoms with van der Waals surface area (Å²) in [6, 6.07) is 12.5. The molecule has 0 fully saturated rings. The van der Waals surface area contributed by atoms with Crippen LogP contribution in [-0.4, -0.2) is 26.1 Å². The van der Waals surface area contributed by atoms with Crippen molar-refractivity contribution >= 4 is 22.6 Å². The third-order valence-electron chi connectivity index (χ3n) is 5.18. The van der Waals surface area contributed by atoms with Crippen molar-refractivity contribution in [1.29, 1.82) is 0 Å². The van der Waals surface area contributed by atoms with Gasteiger partial charge in [-0.05, 0) is 42.5 Å². The Hall–Kier alpha value is -4.80. The molecule has 11 heteroatoms. The predicted octanol–water partition coefficient (Wildman–Crippen LogP) is 6.22. The van der Waals surface area contributed by atoms with Gasteiger partial charge in [-0.15, -0.1) is 0 Å². The molecule has 0 aliphatic rings. The fourth-order valence-corrected chi connectivity index (χ4v) is 3.41. The molecule has 2 heterocycles. The molecule has 7 nitrogen and oxygen atoms in total. The molecule has 180 valence electrons. The van der Waals surface area contributed by atoms with Crippen LogP contribution in [0.25, 0.3) is 22.3 Å². The number of aromatic amines is 1. The number of carbonyl (C=O) groups is 1. The van der Waals surface area contributed by atoms with Crippen molar-refractivity contribution in [3.63, 3.8) is 0 Å². The second kappa shape index (κ2) is 9.10. The number of hydrogen-bond donors (Lipinski definition) is 2. The Morgan fingerprint density at radius 2 is 1.83 bits per heavy atom. The van der Waals surface area contributed by atoms with E-state index in [0.717, 1.165) is 29.8 Å². The second-order valence-electron chi connectivity index (χ2n) is 7.67. The zero-order valence-electron chi connectivity index (χ0n) is 18.2.